The van der Waals surface area contributed by atoms with Crippen molar-refractivity contribution in [3.63, 3.8) is 0 Å². The van der Waals surface area contributed by atoms with Gasteiger partial charge in [0, 0.05) is 24.8 Å². The lowest BCUT2D eigenvalue weighted by Crippen LogP contribution is -2.45. The summed E-state index contributed by atoms with van der Waals surface area (Å²) in [4.78, 5) is 12.6. The van der Waals surface area contributed by atoms with Gasteiger partial charge in [-0.3, -0.25) is 4.57 Å². The SMILES string of the molecule is O=C(NC1CC2CC1CN2)n1cccc1-c1ccccc1. The molecule has 2 aromatic rings. The molecule has 3 atom stereocenters. The summed E-state index contributed by atoms with van der Waals surface area (Å²) in [6.07, 6.45) is 4.09. The second-order valence-corrected chi connectivity index (χ2v) is 6.02. The summed E-state index contributed by atoms with van der Waals surface area (Å²) >= 11 is 0. The maximum Gasteiger partial charge on any atom is 0.326 e. The fraction of sp³-hybridized carbons (Fsp3) is 0.353. The van der Waals surface area contributed by atoms with E-state index in [0.717, 1.165) is 24.2 Å². The quantitative estimate of drug-likeness (QED) is 0.888. The van der Waals surface area contributed by atoms with E-state index < -0.39 is 0 Å². The topological polar surface area (TPSA) is 46.1 Å². The smallest absolute Gasteiger partial charge is 0.326 e. The standard InChI is InChI=1S/C17H19N3O/c21-17(19-15-10-14-9-13(15)11-18-14)20-8-4-7-16(20)12-5-2-1-3-6-12/h1-8,13-15,18H,9-11H2,(H,19,21). The molecule has 21 heavy (non-hydrogen) atoms. The molecule has 2 aliphatic rings. The normalized spacial score (nSPS) is 27.0. The minimum absolute atomic E-state index is 0.0172. The van der Waals surface area contributed by atoms with Gasteiger partial charge in [-0.15, -0.1) is 0 Å². The van der Waals surface area contributed by atoms with Crippen LogP contribution in [-0.2, 0) is 0 Å². The van der Waals surface area contributed by atoms with Gasteiger partial charge in [-0.05, 0) is 36.5 Å². The number of nitrogens with one attached hydrogen (secondary N) is 2. The maximum absolute atomic E-state index is 12.6. The van der Waals surface area contributed by atoms with Crippen molar-refractivity contribution in [1.29, 1.82) is 0 Å². The van der Waals surface area contributed by atoms with Crippen molar-refractivity contribution < 1.29 is 4.79 Å². The van der Waals surface area contributed by atoms with Crippen LogP contribution in [0.25, 0.3) is 11.3 Å². The van der Waals surface area contributed by atoms with E-state index in [-0.39, 0.29) is 6.03 Å². The first kappa shape index (κ1) is 12.7. The van der Waals surface area contributed by atoms with Gasteiger partial charge in [0.25, 0.3) is 0 Å². The Morgan fingerprint density at radius 1 is 1.14 bits per heavy atom. The third-order valence-electron chi connectivity index (χ3n) is 4.71. The Hall–Kier alpha value is -2.07. The minimum Gasteiger partial charge on any atom is -0.334 e. The predicted octanol–water partition coefficient (Wildman–Crippen LogP) is 2.46. The van der Waals surface area contributed by atoms with E-state index in [9.17, 15) is 4.79 Å². The molecule has 2 N–H and O–H groups in total. The Morgan fingerprint density at radius 3 is 2.71 bits per heavy atom. The number of piperidine rings is 1. The molecule has 2 heterocycles. The first-order chi connectivity index (χ1) is 10.3. The maximum atomic E-state index is 12.6. The third kappa shape index (κ3) is 2.25. The van der Waals surface area contributed by atoms with Crippen molar-refractivity contribution in [1.82, 2.24) is 15.2 Å². The van der Waals surface area contributed by atoms with Crippen molar-refractivity contribution in [2.45, 2.75) is 24.9 Å². The molecule has 1 amide bonds. The van der Waals surface area contributed by atoms with Crippen LogP contribution in [0.4, 0.5) is 4.79 Å². The van der Waals surface area contributed by atoms with E-state index in [1.807, 2.05) is 48.7 Å². The summed E-state index contributed by atoms with van der Waals surface area (Å²) in [5, 5.41) is 6.68. The monoisotopic (exact) mass is 281 g/mol. The number of carbonyl (C=O) groups excluding carboxylic acids is 1. The summed E-state index contributed by atoms with van der Waals surface area (Å²) in [5.74, 6) is 0.592. The first-order valence-corrected chi connectivity index (χ1v) is 7.58. The van der Waals surface area contributed by atoms with E-state index in [0.29, 0.717) is 18.0 Å². The number of aromatic nitrogens is 1. The summed E-state index contributed by atoms with van der Waals surface area (Å²) in [6, 6.07) is 14.8. The molecule has 108 valence electrons. The predicted molar refractivity (Wildman–Crippen MR) is 82.1 cm³/mol. The van der Waals surface area contributed by atoms with Gasteiger partial charge < -0.3 is 10.6 Å². The van der Waals surface area contributed by atoms with Crippen molar-refractivity contribution in [2.75, 3.05) is 6.54 Å². The Kier molecular flexibility index (Phi) is 3.04. The summed E-state index contributed by atoms with van der Waals surface area (Å²) < 4.78 is 1.72. The Morgan fingerprint density at radius 2 is 2.00 bits per heavy atom. The lowest BCUT2D eigenvalue weighted by molar-refractivity contribution is 0.233. The summed E-state index contributed by atoms with van der Waals surface area (Å²) in [5.41, 5.74) is 2.00. The van der Waals surface area contributed by atoms with E-state index in [1.54, 1.807) is 4.57 Å². The molecule has 1 aliphatic heterocycles. The van der Waals surface area contributed by atoms with Crippen molar-refractivity contribution in [2.24, 2.45) is 5.92 Å². The Labute approximate surface area is 124 Å². The fourth-order valence-corrected chi connectivity index (χ4v) is 3.64. The van der Waals surface area contributed by atoms with Gasteiger partial charge in [-0.25, -0.2) is 4.79 Å². The molecule has 4 nitrogen and oxygen atoms in total. The summed E-state index contributed by atoms with van der Waals surface area (Å²) in [6.45, 7) is 1.03. The van der Waals surface area contributed by atoms with E-state index >= 15 is 0 Å². The number of carbonyl (C=O) groups is 1. The number of fused-ring (bicyclic) bond motifs is 2. The third-order valence-corrected chi connectivity index (χ3v) is 4.71. The zero-order valence-corrected chi connectivity index (χ0v) is 11.8. The highest BCUT2D eigenvalue weighted by Gasteiger charge is 2.40. The largest absolute Gasteiger partial charge is 0.334 e. The van der Waals surface area contributed by atoms with Crippen molar-refractivity contribution >= 4 is 6.03 Å². The van der Waals surface area contributed by atoms with Crippen molar-refractivity contribution in [3.8, 4) is 11.3 Å². The van der Waals surface area contributed by atoms with Crippen LogP contribution in [-0.4, -0.2) is 29.2 Å². The lowest BCUT2D eigenvalue weighted by Gasteiger charge is -2.24. The molecule has 1 aromatic heterocycles. The van der Waals surface area contributed by atoms with Crippen LogP contribution in [0.3, 0.4) is 0 Å². The van der Waals surface area contributed by atoms with Gasteiger partial charge >= 0.3 is 6.03 Å². The molecular formula is C17H19N3O. The van der Waals surface area contributed by atoms with Crippen LogP contribution in [0.15, 0.2) is 48.7 Å². The van der Waals surface area contributed by atoms with Crippen LogP contribution in [0.5, 0.6) is 0 Å². The average Bonchev–Trinajstić information content (AvgIpc) is 3.24. The molecule has 0 radical (unpaired) electrons. The van der Waals surface area contributed by atoms with Crippen LogP contribution in [0.2, 0.25) is 0 Å². The van der Waals surface area contributed by atoms with Crippen LogP contribution >= 0.6 is 0 Å². The molecule has 2 bridgehead atoms. The molecule has 0 spiro atoms. The van der Waals surface area contributed by atoms with E-state index in [4.69, 9.17) is 0 Å². The molecule has 1 saturated carbocycles. The summed E-state index contributed by atoms with van der Waals surface area (Å²) in [7, 11) is 0. The molecule has 1 aromatic carbocycles. The molecular weight excluding hydrogens is 262 g/mol. The molecule has 4 rings (SSSR count). The van der Waals surface area contributed by atoms with Gasteiger partial charge in [0.15, 0.2) is 0 Å². The fourth-order valence-electron chi connectivity index (χ4n) is 3.64. The van der Waals surface area contributed by atoms with Crippen LogP contribution in [0, 0.1) is 5.92 Å². The van der Waals surface area contributed by atoms with Gasteiger partial charge in [0.2, 0.25) is 0 Å². The van der Waals surface area contributed by atoms with Crippen LogP contribution < -0.4 is 10.6 Å². The number of benzene rings is 1. The van der Waals surface area contributed by atoms with Gasteiger partial charge in [0.05, 0.1) is 5.69 Å². The zero-order valence-electron chi connectivity index (χ0n) is 11.8. The average molecular weight is 281 g/mol. The highest BCUT2D eigenvalue weighted by Crippen LogP contribution is 2.31. The first-order valence-electron chi connectivity index (χ1n) is 7.58. The minimum atomic E-state index is -0.0172. The van der Waals surface area contributed by atoms with Gasteiger partial charge in [-0.1, -0.05) is 30.3 Å². The van der Waals surface area contributed by atoms with E-state index in [1.165, 1.54) is 6.42 Å². The Bertz CT molecular complexity index is 649. The molecule has 1 saturated heterocycles. The highest BCUT2D eigenvalue weighted by atomic mass is 16.2. The Balaban J connectivity index is 1.54. The lowest BCUT2D eigenvalue weighted by atomic mass is 10.0. The number of rotatable bonds is 2. The van der Waals surface area contributed by atoms with Crippen molar-refractivity contribution in [3.05, 3.63) is 48.7 Å². The number of nitrogens with zero attached hydrogens (tertiary/aromatic N) is 1. The highest BCUT2D eigenvalue weighted by molar-refractivity contribution is 5.83. The molecule has 2 fully saturated rings. The molecule has 4 heteroatoms. The molecule has 1 aliphatic carbocycles. The number of hydrogen-bond acceptors (Lipinski definition) is 2. The van der Waals surface area contributed by atoms with Crippen LogP contribution in [0.1, 0.15) is 12.8 Å². The van der Waals surface area contributed by atoms with E-state index in [2.05, 4.69) is 10.6 Å². The van der Waals surface area contributed by atoms with Gasteiger partial charge in [-0.2, -0.15) is 0 Å². The second-order valence-electron chi connectivity index (χ2n) is 6.02. The zero-order chi connectivity index (χ0) is 14.2. The second kappa shape index (κ2) is 5.04. The molecule has 3 unspecified atom stereocenters. The number of hydrogen-bond donors (Lipinski definition) is 2. The number of amides is 1. The van der Waals surface area contributed by atoms with Gasteiger partial charge in [0.1, 0.15) is 0 Å².